The highest BCUT2D eigenvalue weighted by molar-refractivity contribution is 6.05. The van der Waals surface area contributed by atoms with Crippen molar-refractivity contribution in [2.45, 2.75) is 38.8 Å². The first-order chi connectivity index (χ1) is 12.7. The molecule has 3 rings (SSSR count). The zero-order valence-corrected chi connectivity index (χ0v) is 16.1. The van der Waals surface area contributed by atoms with E-state index in [0.29, 0.717) is 17.4 Å². The summed E-state index contributed by atoms with van der Waals surface area (Å²) in [6, 6.07) is 7.67. The molecule has 1 aromatic rings. The Morgan fingerprint density at radius 2 is 2.22 bits per heavy atom. The van der Waals surface area contributed by atoms with E-state index in [2.05, 4.69) is 15.2 Å². The summed E-state index contributed by atoms with van der Waals surface area (Å²) in [6.45, 7) is 7.22. The third-order valence-corrected chi connectivity index (χ3v) is 4.66. The Hall–Kier alpha value is -2.84. The van der Waals surface area contributed by atoms with Gasteiger partial charge in [0, 0.05) is 24.2 Å². The predicted molar refractivity (Wildman–Crippen MR) is 99.2 cm³/mol. The number of hydrazine groups is 1. The van der Waals surface area contributed by atoms with E-state index in [1.807, 2.05) is 45.0 Å². The average Bonchev–Trinajstić information content (AvgIpc) is 3.27. The number of hydrogen-bond acceptors (Lipinski definition) is 7. The Morgan fingerprint density at radius 1 is 1.44 bits per heavy atom. The summed E-state index contributed by atoms with van der Waals surface area (Å²) in [5.41, 5.74) is 1.41. The van der Waals surface area contributed by atoms with E-state index in [0.717, 1.165) is 24.2 Å². The van der Waals surface area contributed by atoms with Crippen LogP contribution in [0.4, 0.5) is 5.69 Å². The van der Waals surface area contributed by atoms with Crippen LogP contribution >= 0.6 is 0 Å². The topological polar surface area (TPSA) is 92.8 Å². The van der Waals surface area contributed by atoms with E-state index in [4.69, 9.17) is 9.57 Å². The molecule has 1 saturated heterocycles. The van der Waals surface area contributed by atoms with Crippen molar-refractivity contribution in [1.82, 2.24) is 5.01 Å². The molecule has 0 bridgehead atoms. The highest BCUT2D eigenvalue weighted by atomic mass is 16.7. The van der Waals surface area contributed by atoms with E-state index in [-0.39, 0.29) is 24.2 Å². The van der Waals surface area contributed by atoms with Gasteiger partial charge in [0.05, 0.1) is 24.1 Å². The zero-order valence-electron chi connectivity index (χ0n) is 16.1. The van der Waals surface area contributed by atoms with Gasteiger partial charge in [0.1, 0.15) is 6.54 Å². The second-order valence-electron chi connectivity index (χ2n) is 7.64. The van der Waals surface area contributed by atoms with Gasteiger partial charge >= 0.3 is 5.97 Å². The van der Waals surface area contributed by atoms with Gasteiger partial charge in [-0.15, -0.1) is 5.01 Å². The number of carbonyl (C=O) groups excluding carboxylic acids is 1. The van der Waals surface area contributed by atoms with E-state index >= 15 is 0 Å². The fourth-order valence-corrected chi connectivity index (χ4v) is 2.76. The van der Waals surface area contributed by atoms with Gasteiger partial charge < -0.3 is 19.7 Å². The quantitative estimate of drug-likeness (QED) is 0.339. The SMILES string of the molecule is CN(/[N+]([O-])=N/O[C@@H]1CCN(c2cccc(C3=NCC(=O)O3)c2)C1)C(C)(C)C. The minimum absolute atomic E-state index is 0.0649. The van der Waals surface area contributed by atoms with Crippen LogP contribution in [0.1, 0.15) is 32.8 Å². The maximum Gasteiger partial charge on any atom is 0.334 e. The summed E-state index contributed by atoms with van der Waals surface area (Å²) in [5, 5.41) is 17.2. The first kappa shape index (κ1) is 18.9. The molecular formula is C18H25N5O4. The molecule has 0 aliphatic carbocycles. The van der Waals surface area contributed by atoms with Gasteiger partial charge in [-0.25, -0.2) is 9.79 Å². The molecule has 0 amide bonds. The minimum atomic E-state index is -0.344. The molecule has 0 N–H and O–H groups in total. The molecule has 2 aliphatic heterocycles. The number of anilines is 1. The summed E-state index contributed by atoms with van der Waals surface area (Å²) in [7, 11) is 1.67. The summed E-state index contributed by atoms with van der Waals surface area (Å²) in [5.74, 6) is 0.0186. The highest BCUT2D eigenvalue weighted by Crippen LogP contribution is 2.24. The van der Waals surface area contributed by atoms with Crippen molar-refractivity contribution in [2.75, 3.05) is 31.6 Å². The molecule has 2 heterocycles. The molecule has 0 radical (unpaired) electrons. The number of benzene rings is 1. The van der Waals surface area contributed by atoms with Gasteiger partial charge in [0.2, 0.25) is 11.2 Å². The molecule has 0 unspecified atom stereocenters. The molecule has 2 aliphatic rings. The standard InChI is InChI=1S/C18H25N5O4/c1-18(2,3)21(4)23(25)20-27-15-8-9-22(12-15)14-7-5-6-13(10-14)17-19-11-16(24)26-17/h5-7,10,15H,8-9,11-12H2,1-4H3/b23-20-/t15-/m1/s1. The molecule has 9 nitrogen and oxygen atoms in total. The van der Waals surface area contributed by atoms with Crippen LogP contribution in [0.2, 0.25) is 0 Å². The van der Waals surface area contributed by atoms with E-state index in [1.165, 1.54) is 5.01 Å². The van der Waals surface area contributed by atoms with Gasteiger partial charge in [0.15, 0.2) is 6.10 Å². The van der Waals surface area contributed by atoms with Crippen LogP contribution in [0.15, 0.2) is 34.5 Å². The summed E-state index contributed by atoms with van der Waals surface area (Å²) in [6.07, 6.45) is 0.594. The maximum absolute atomic E-state index is 12.0. The Balaban J connectivity index is 1.61. The number of rotatable bonds is 5. The second kappa shape index (κ2) is 7.42. The van der Waals surface area contributed by atoms with Gasteiger partial charge in [-0.2, -0.15) is 0 Å². The number of ether oxygens (including phenoxy) is 1. The van der Waals surface area contributed by atoms with E-state index in [9.17, 15) is 10.0 Å². The lowest BCUT2D eigenvalue weighted by Crippen LogP contribution is -2.42. The molecule has 146 valence electrons. The fraction of sp³-hybridized carbons (Fsp3) is 0.556. The second-order valence-corrected chi connectivity index (χ2v) is 7.64. The summed E-state index contributed by atoms with van der Waals surface area (Å²) in [4.78, 5) is 23.4. The van der Waals surface area contributed by atoms with Crippen molar-refractivity contribution in [3.05, 3.63) is 35.0 Å². The smallest absolute Gasteiger partial charge is 0.334 e. The average molecular weight is 375 g/mol. The highest BCUT2D eigenvalue weighted by Gasteiger charge is 2.28. The van der Waals surface area contributed by atoms with Crippen molar-refractivity contribution < 1.29 is 19.3 Å². The Kier molecular flexibility index (Phi) is 5.20. The molecular weight excluding hydrogens is 350 g/mol. The third-order valence-electron chi connectivity index (χ3n) is 4.66. The van der Waals surface area contributed by atoms with Gasteiger partial charge in [-0.05, 0) is 39.0 Å². The third kappa shape index (κ3) is 4.47. The lowest BCUT2D eigenvalue weighted by atomic mass is 10.1. The lowest BCUT2D eigenvalue weighted by molar-refractivity contribution is -0.720. The van der Waals surface area contributed by atoms with Crippen LogP contribution < -0.4 is 4.90 Å². The number of nitrogens with zero attached hydrogens (tertiary/aromatic N) is 5. The van der Waals surface area contributed by atoms with E-state index in [1.54, 1.807) is 7.05 Å². The van der Waals surface area contributed by atoms with Gasteiger partial charge in [0.25, 0.3) is 0 Å². The van der Waals surface area contributed by atoms with Crippen molar-refractivity contribution >= 4 is 17.6 Å². The monoisotopic (exact) mass is 375 g/mol. The van der Waals surface area contributed by atoms with Crippen LogP contribution in [-0.4, -0.2) is 60.2 Å². The van der Waals surface area contributed by atoms with Crippen LogP contribution in [0.25, 0.3) is 0 Å². The fourth-order valence-electron chi connectivity index (χ4n) is 2.76. The molecule has 0 spiro atoms. The molecule has 1 fully saturated rings. The zero-order chi connectivity index (χ0) is 19.6. The van der Waals surface area contributed by atoms with Gasteiger partial charge in [-0.3, -0.25) is 0 Å². The predicted octanol–water partition coefficient (Wildman–Crippen LogP) is 2.11. The van der Waals surface area contributed by atoms with Crippen LogP contribution in [0, 0.1) is 5.21 Å². The van der Waals surface area contributed by atoms with Crippen LogP contribution in [0.5, 0.6) is 0 Å². The first-order valence-electron chi connectivity index (χ1n) is 8.92. The molecule has 0 saturated carbocycles. The van der Waals surface area contributed by atoms with Crippen molar-refractivity contribution in [3.63, 3.8) is 0 Å². The molecule has 1 aromatic carbocycles. The number of esters is 1. The molecule has 0 aromatic heterocycles. The summed E-state index contributed by atoms with van der Waals surface area (Å²) >= 11 is 0. The van der Waals surface area contributed by atoms with Gasteiger partial charge in [-0.1, -0.05) is 6.07 Å². The minimum Gasteiger partial charge on any atom is -0.569 e. The number of cyclic esters (lactones) is 1. The largest absolute Gasteiger partial charge is 0.569 e. The number of carbonyl (C=O) groups is 1. The Bertz CT molecular complexity index is 771. The number of aliphatic imine (C=N–C) groups is 1. The Morgan fingerprint density at radius 3 is 2.89 bits per heavy atom. The van der Waals surface area contributed by atoms with E-state index < -0.39 is 0 Å². The molecule has 1 atom stereocenters. The first-order valence-corrected chi connectivity index (χ1v) is 8.92. The lowest BCUT2D eigenvalue weighted by Gasteiger charge is -2.26. The van der Waals surface area contributed by atoms with Crippen molar-refractivity contribution in [3.8, 4) is 0 Å². The van der Waals surface area contributed by atoms with Crippen molar-refractivity contribution in [2.24, 2.45) is 10.3 Å². The van der Waals surface area contributed by atoms with Crippen molar-refractivity contribution in [1.29, 1.82) is 0 Å². The normalized spacial score (nSPS) is 20.5. The Labute approximate surface area is 158 Å². The summed E-state index contributed by atoms with van der Waals surface area (Å²) < 4.78 is 5.11. The maximum atomic E-state index is 12.0. The molecule has 9 heteroatoms. The van der Waals surface area contributed by atoms with Crippen LogP contribution in [0.3, 0.4) is 0 Å². The number of hydrogen-bond donors (Lipinski definition) is 0. The van der Waals surface area contributed by atoms with Crippen LogP contribution in [-0.2, 0) is 14.4 Å². The molecule has 27 heavy (non-hydrogen) atoms.